The smallest absolute Gasteiger partial charge is 0.239 e. The van der Waals surface area contributed by atoms with Gasteiger partial charge in [0, 0.05) is 18.6 Å². The highest BCUT2D eigenvalue weighted by molar-refractivity contribution is 5.85. The highest BCUT2D eigenvalue weighted by Crippen LogP contribution is 1.98. The molecule has 17 heavy (non-hydrogen) atoms. The number of carbonyl (C=O) groups excluding carboxylic acids is 2. The summed E-state index contributed by atoms with van der Waals surface area (Å²) in [4.78, 5) is 24.8. The molecule has 0 aromatic carbocycles. The maximum absolute atomic E-state index is 11.8. The molecule has 0 aromatic rings. The molecule has 0 aliphatic carbocycles. The quantitative estimate of drug-likeness (QED) is 0.708. The van der Waals surface area contributed by atoms with E-state index in [1.165, 1.54) is 0 Å². The second-order valence-corrected chi connectivity index (χ2v) is 4.96. The van der Waals surface area contributed by atoms with Gasteiger partial charge in [-0.2, -0.15) is 0 Å². The van der Waals surface area contributed by atoms with Crippen molar-refractivity contribution < 1.29 is 9.59 Å². The Morgan fingerprint density at radius 3 is 2.18 bits per heavy atom. The lowest BCUT2D eigenvalue weighted by Crippen LogP contribution is -2.47. The Kier molecular flexibility index (Phi) is 6.80. The van der Waals surface area contributed by atoms with Gasteiger partial charge in [-0.15, -0.1) is 0 Å². The van der Waals surface area contributed by atoms with Crippen molar-refractivity contribution in [2.24, 2.45) is 0 Å². The lowest BCUT2D eigenvalue weighted by molar-refractivity contribution is -0.135. The van der Waals surface area contributed by atoms with Crippen LogP contribution in [-0.2, 0) is 9.59 Å². The van der Waals surface area contributed by atoms with Gasteiger partial charge in [0.2, 0.25) is 11.8 Å². The molecule has 0 saturated heterocycles. The van der Waals surface area contributed by atoms with E-state index in [2.05, 4.69) is 10.6 Å². The molecule has 0 spiro atoms. The Labute approximate surface area is 104 Å². The van der Waals surface area contributed by atoms with Gasteiger partial charge in [-0.05, 0) is 34.6 Å². The number of hydrogen-bond donors (Lipinski definition) is 2. The van der Waals surface area contributed by atoms with Crippen molar-refractivity contribution in [3.8, 4) is 0 Å². The van der Waals surface area contributed by atoms with Gasteiger partial charge in [0.1, 0.15) is 0 Å². The molecule has 5 heteroatoms. The van der Waals surface area contributed by atoms with Crippen molar-refractivity contribution in [3.05, 3.63) is 0 Å². The second-order valence-electron chi connectivity index (χ2n) is 4.96. The van der Waals surface area contributed by atoms with Crippen molar-refractivity contribution in [3.63, 3.8) is 0 Å². The first-order chi connectivity index (χ1) is 7.80. The maximum Gasteiger partial charge on any atom is 0.239 e. The first kappa shape index (κ1) is 15.9. The van der Waals surface area contributed by atoms with Gasteiger partial charge in [0.05, 0.1) is 13.1 Å². The van der Waals surface area contributed by atoms with Crippen LogP contribution in [0.5, 0.6) is 0 Å². The molecule has 5 nitrogen and oxygen atoms in total. The monoisotopic (exact) mass is 243 g/mol. The molecule has 2 N–H and O–H groups in total. The zero-order valence-electron chi connectivity index (χ0n) is 11.6. The second kappa shape index (κ2) is 7.27. The van der Waals surface area contributed by atoms with E-state index in [1.54, 1.807) is 4.90 Å². The van der Waals surface area contributed by atoms with E-state index >= 15 is 0 Å². The van der Waals surface area contributed by atoms with Gasteiger partial charge < -0.3 is 15.5 Å². The zero-order chi connectivity index (χ0) is 13.5. The van der Waals surface area contributed by atoms with E-state index in [0.717, 1.165) is 0 Å². The van der Waals surface area contributed by atoms with Crippen molar-refractivity contribution in [2.45, 2.75) is 40.2 Å². The average Bonchev–Trinajstić information content (AvgIpc) is 2.22. The fraction of sp³-hybridized carbons (Fsp3) is 0.833. The van der Waals surface area contributed by atoms with Gasteiger partial charge in [-0.1, -0.05) is 0 Å². The molecule has 0 bridgehead atoms. The Bertz CT molecular complexity index is 259. The molecule has 0 aromatic heterocycles. The van der Waals surface area contributed by atoms with Crippen LogP contribution in [0.15, 0.2) is 0 Å². The molecule has 0 atom stereocenters. The lowest BCUT2D eigenvalue weighted by Gasteiger charge is -2.24. The van der Waals surface area contributed by atoms with Crippen LogP contribution < -0.4 is 10.6 Å². The predicted molar refractivity (Wildman–Crippen MR) is 68.7 cm³/mol. The summed E-state index contributed by atoms with van der Waals surface area (Å²) >= 11 is 0. The molecule has 0 unspecified atom stereocenters. The first-order valence-electron chi connectivity index (χ1n) is 6.09. The van der Waals surface area contributed by atoms with Crippen molar-refractivity contribution in [1.82, 2.24) is 15.5 Å². The van der Waals surface area contributed by atoms with Crippen LogP contribution >= 0.6 is 0 Å². The van der Waals surface area contributed by atoms with E-state index in [1.807, 2.05) is 34.6 Å². The first-order valence-corrected chi connectivity index (χ1v) is 6.09. The van der Waals surface area contributed by atoms with Crippen LogP contribution in [0.25, 0.3) is 0 Å². The van der Waals surface area contributed by atoms with Crippen molar-refractivity contribution >= 4 is 11.8 Å². The summed E-state index contributed by atoms with van der Waals surface area (Å²) < 4.78 is 0. The number of rotatable bonds is 6. The molecule has 0 rings (SSSR count). The summed E-state index contributed by atoms with van der Waals surface area (Å²) in [6.07, 6.45) is 0. The molecule has 0 fully saturated rings. The summed E-state index contributed by atoms with van der Waals surface area (Å²) in [5.41, 5.74) is -0.0965. The van der Waals surface area contributed by atoms with E-state index in [4.69, 9.17) is 0 Å². The SMILES string of the molecule is CCNC(=O)CN(CC)C(=O)CNC(C)(C)C. The van der Waals surface area contributed by atoms with Crippen LogP contribution in [0, 0.1) is 0 Å². The number of carbonyl (C=O) groups is 2. The van der Waals surface area contributed by atoms with Crippen molar-refractivity contribution in [1.29, 1.82) is 0 Å². The zero-order valence-corrected chi connectivity index (χ0v) is 11.6. The topological polar surface area (TPSA) is 61.4 Å². The molecule has 100 valence electrons. The fourth-order valence-corrected chi connectivity index (χ4v) is 1.26. The Morgan fingerprint density at radius 2 is 1.76 bits per heavy atom. The lowest BCUT2D eigenvalue weighted by atomic mass is 10.1. The van der Waals surface area contributed by atoms with E-state index in [9.17, 15) is 9.59 Å². The number of nitrogens with one attached hydrogen (secondary N) is 2. The molecule has 0 heterocycles. The van der Waals surface area contributed by atoms with Crippen LogP contribution in [0.2, 0.25) is 0 Å². The number of likely N-dealkylation sites (N-methyl/N-ethyl adjacent to an activating group) is 2. The number of nitrogens with zero attached hydrogens (tertiary/aromatic N) is 1. The summed E-state index contributed by atoms with van der Waals surface area (Å²) in [6, 6.07) is 0. The maximum atomic E-state index is 11.8. The molecular formula is C12H25N3O2. The Balaban J connectivity index is 4.17. The van der Waals surface area contributed by atoms with Gasteiger partial charge in [0.15, 0.2) is 0 Å². The standard InChI is InChI=1S/C12H25N3O2/c1-6-13-10(16)9-15(7-2)11(17)8-14-12(3,4)5/h14H,6-9H2,1-5H3,(H,13,16). The van der Waals surface area contributed by atoms with Crippen LogP contribution in [0.1, 0.15) is 34.6 Å². The van der Waals surface area contributed by atoms with Crippen molar-refractivity contribution in [2.75, 3.05) is 26.2 Å². The van der Waals surface area contributed by atoms with E-state index in [0.29, 0.717) is 13.1 Å². The van der Waals surface area contributed by atoms with Crippen LogP contribution in [0.3, 0.4) is 0 Å². The molecule has 0 aliphatic heterocycles. The minimum atomic E-state index is -0.113. The summed E-state index contributed by atoms with van der Waals surface area (Å²) in [5.74, 6) is -0.160. The number of amides is 2. The van der Waals surface area contributed by atoms with E-state index < -0.39 is 0 Å². The summed E-state index contributed by atoms with van der Waals surface area (Å²) in [7, 11) is 0. The fourth-order valence-electron chi connectivity index (χ4n) is 1.26. The predicted octanol–water partition coefficient (Wildman–Crippen LogP) is 0.359. The number of hydrogen-bond acceptors (Lipinski definition) is 3. The normalized spacial score (nSPS) is 11.1. The summed E-state index contributed by atoms with van der Waals surface area (Å²) in [5, 5.41) is 5.80. The third-order valence-electron chi connectivity index (χ3n) is 2.21. The highest BCUT2D eigenvalue weighted by Gasteiger charge is 2.17. The molecule has 0 radical (unpaired) electrons. The largest absolute Gasteiger partial charge is 0.355 e. The van der Waals surface area contributed by atoms with Gasteiger partial charge in [-0.3, -0.25) is 9.59 Å². The summed E-state index contributed by atoms with van der Waals surface area (Å²) in [6.45, 7) is 11.3. The highest BCUT2D eigenvalue weighted by atomic mass is 16.2. The van der Waals surface area contributed by atoms with Gasteiger partial charge in [-0.25, -0.2) is 0 Å². The third-order valence-corrected chi connectivity index (χ3v) is 2.21. The van der Waals surface area contributed by atoms with Gasteiger partial charge in [0.25, 0.3) is 0 Å². The van der Waals surface area contributed by atoms with Crippen LogP contribution in [0.4, 0.5) is 0 Å². The van der Waals surface area contributed by atoms with Crippen LogP contribution in [-0.4, -0.2) is 48.4 Å². The third kappa shape index (κ3) is 7.74. The Hall–Kier alpha value is -1.10. The molecule has 0 aliphatic rings. The van der Waals surface area contributed by atoms with E-state index in [-0.39, 0.29) is 30.4 Å². The molecule has 0 saturated carbocycles. The van der Waals surface area contributed by atoms with Gasteiger partial charge >= 0.3 is 0 Å². The minimum absolute atomic E-state index is 0.0475. The minimum Gasteiger partial charge on any atom is -0.355 e. The average molecular weight is 243 g/mol. The Morgan fingerprint density at radius 1 is 1.18 bits per heavy atom. The molecule has 2 amide bonds. The molecular weight excluding hydrogens is 218 g/mol.